The molecule has 0 aromatic rings. The van der Waals surface area contributed by atoms with Crippen LogP contribution >= 0.6 is 0 Å². The Morgan fingerprint density at radius 1 is 1.67 bits per heavy atom. The summed E-state index contributed by atoms with van der Waals surface area (Å²) in [5.41, 5.74) is 0. The van der Waals surface area contributed by atoms with Crippen LogP contribution in [0.4, 0.5) is 0 Å². The Bertz CT molecular complexity index is 17.5. The van der Waals surface area contributed by atoms with Gasteiger partial charge in [-0.2, -0.15) is 0 Å². The molecule has 0 aromatic heterocycles. The summed E-state index contributed by atoms with van der Waals surface area (Å²) >= 11 is 0. The molecule has 0 saturated carbocycles. The Labute approximate surface area is 37.7 Å². The lowest BCUT2D eigenvalue weighted by atomic mass is 10.8. The molecule has 0 saturated heterocycles. The second-order valence-electron chi connectivity index (χ2n) is 0.816. The minimum Gasteiger partial charge on any atom is -0.379 e. The molecule has 0 aromatic carbocycles. The maximum Gasteiger partial charge on any atom is 0.106 e. The topological polar surface area (TPSA) is 29.1 Å². The van der Waals surface area contributed by atoms with Crippen LogP contribution in [0.1, 0.15) is 0 Å². The van der Waals surface area contributed by atoms with Crippen LogP contribution in [0.2, 0.25) is 0 Å². The summed E-state index contributed by atoms with van der Waals surface area (Å²) in [4.78, 5) is 0. The second kappa shape index (κ2) is 4.92. The van der Waals surface area contributed by atoms with E-state index in [0.29, 0.717) is 13.2 Å². The highest BCUT2D eigenvalue weighted by Gasteiger charge is 1.75. The van der Waals surface area contributed by atoms with Gasteiger partial charge in [0.2, 0.25) is 0 Å². The maximum absolute atomic E-state index is 9.54. The summed E-state index contributed by atoms with van der Waals surface area (Å²) < 4.78 is 4.56. The zero-order chi connectivity index (χ0) is 4.83. The minimum absolute atomic E-state index is 0.157. The molecule has 0 amide bonds. The average Bonchev–Trinajstić information content (AvgIpc) is 1.61. The fraction of sp³-hybridized carbons (Fsp3) is 0.750. The van der Waals surface area contributed by atoms with E-state index in [0.717, 1.165) is 0 Å². The highest BCUT2D eigenvalue weighted by molar-refractivity contribution is 4.28. The van der Waals surface area contributed by atoms with Crippen LogP contribution in [0.5, 0.6) is 0 Å². The lowest BCUT2D eigenvalue weighted by molar-refractivity contribution is 0.0773. The smallest absolute Gasteiger partial charge is 0.106 e. The van der Waals surface area contributed by atoms with Crippen LogP contribution < -0.4 is 0 Å². The van der Waals surface area contributed by atoms with Crippen LogP contribution in [0.25, 0.3) is 0 Å². The Hall–Kier alpha value is -0.0800. The summed E-state index contributed by atoms with van der Waals surface area (Å²) in [5, 5.41) is 9.54. The molecule has 0 N–H and O–H groups in total. The third-order valence-electron chi connectivity index (χ3n) is 0.372. The monoisotopic (exact) mass is 88.1 g/mol. The molecule has 2 radical (unpaired) electrons. The molecule has 0 aliphatic rings. The van der Waals surface area contributed by atoms with E-state index in [2.05, 4.69) is 11.7 Å². The van der Waals surface area contributed by atoms with Crippen molar-refractivity contribution in [1.82, 2.24) is 0 Å². The average molecular weight is 88.1 g/mol. The van der Waals surface area contributed by atoms with Crippen molar-refractivity contribution in [2.24, 2.45) is 0 Å². The Kier molecular flexibility index (Phi) is 4.85. The van der Waals surface area contributed by atoms with Crippen molar-refractivity contribution < 1.29 is 9.84 Å². The quantitative estimate of drug-likeness (QED) is 0.455. The zero-order valence-electron chi connectivity index (χ0n) is 3.64. The highest BCUT2D eigenvalue weighted by Crippen LogP contribution is 1.66. The van der Waals surface area contributed by atoms with Crippen LogP contribution in [0.15, 0.2) is 0 Å². The van der Waals surface area contributed by atoms with E-state index < -0.39 is 0 Å². The molecule has 2 nitrogen and oxygen atoms in total. The molecule has 0 bridgehead atoms. The van der Waals surface area contributed by atoms with Crippen molar-refractivity contribution >= 4 is 0 Å². The molecule has 0 rings (SSSR count). The van der Waals surface area contributed by atoms with Gasteiger partial charge in [-0.1, -0.05) is 0 Å². The number of hydrogen-bond donors (Lipinski definition) is 0. The van der Waals surface area contributed by atoms with Crippen LogP contribution in [0, 0.1) is 6.92 Å². The maximum atomic E-state index is 9.54. The van der Waals surface area contributed by atoms with Gasteiger partial charge in [0.1, 0.15) is 6.61 Å². The van der Waals surface area contributed by atoms with E-state index in [1.807, 2.05) is 0 Å². The van der Waals surface area contributed by atoms with E-state index in [9.17, 15) is 5.11 Å². The molecule has 6 heavy (non-hydrogen) atoms. The molecule has 36 valence electrons. The van der Waals surface area contributed by atoms with Gasteiger partial charge in [0.05, 0.1) is 6.61 Å². The fourth-order valence-electron chi connectivity index (χ4n) is 0.161. The molecule has 0 fully saturated rings. The summed E-state index contributed by atoms with van der Waals surface area (Å²) in [6, 6.07) is 0. The Morgan fingerprint density at radius 3 is 2.50 bits per heavy atom. The summed E-state index contributed by atoms with van der Waals surface area (Å²) in [6.07, 6.45) is 0. The number of ether oxygens (including phenoxy) is 1. The van der Waals surface area contributed by atoms with Crippen LogP contribution in [-0.2, 0) is 9.84 Å². The van der Waals surface area contributed by atoms with Crippen molar-refractivity contribution in [3.8, 4) is 0 Å². The lowest BCUT2D eigenvalue weighted by Crippen LogP contribution is -1.95. The van der Waals surface area contributed by atoms with Crippen LogP contribution in [0.3, 0.4) is 0 Å². The summed E-state index contributed by atoms with van der Waals surface area (Å²) in [7, 11) is 0. The van der Waals surface area contributed by atoms with Crippen molar-refractivity contribution in [1.29, 1.82) is 0 Å². The normalized spacial score (nSPS) is 9.00. The van der Waals surface area contributed by atoms with E-state index in [-0.39, 0.29) is 6.61 Å². The van der Waals surface area contributed by atoms with Gasteiger partial charge in [-0.05, 0) is 6.92 Å². The highest BCUT2D eigenvalue weighted by atomic mass is 16.5. The van der Waals surface area contributed by atoms with E-state index in [1.54, 1.807) is 0 Å². The number of rotatable bonds is 3. The first-order valence-electron chi connectivity index (χ1n) is 1.87. The third kappa shape index (κ3) is 3.92. The molecular formula is C4H8O2. The molecule has 0 spiro atoms. The summed E-state index contributed by atoms with van der Waals surface area (Å²) in [6.45, 7) is 3.91. The van der Waals surface area contributed by atoms with Gasteiger partial charge < -0.3 is 4.74 Å². The molecule has 0 heterocycles. The van der Waals surface area contributed by atoms with E-state index >= 15 is 0 Å². The molecular weight excluding hydrogens is 80.0 g/mol. The van der Waals surface area contributed by atoms with Gasteiger partial charge in [-0.25, -0.2) is 5.11 Å². The predicted octanol–water partition coefficient (Wildman–Crippen LogP) is 0.268. The van der Waals surface area contributed by atoms with Crippen molar-refractivity contribution in [3.05, 3.63) is 6.92 Å². The Morgan fingerprint density at radius 2 is 2.33 bits per heavy atom. The molecule has 0 atom stereocenters. The first-order valence-corrected chi connectivity index (χ1v) is 1.87. The fourth-order valence-corrected chi connectivity index (χ4v) is 0.161. The van der Waals surface area contributed by atoms with Gasteiger partial charge in [0.15, 0.2) is 0 Å². The first-order chi connectivity index (χ1) is 2.91. The summed E-state index contributed by atoms with van der Waals surface area (Å²) in [5.74, 6) is 0. The van der Waals surface area contributed by atoms with E-state index in [4.69, 9.17) is 0 Å². The predicted molar refractivity (Wildman–Crippen MR) is 21.7 cm³/mol. The second-order valence-corrected chi connectivity index (χ2v) is 0.816. The van der Waals surface area contributed by atoms with Crippen molar-refractivity contribution in [2.45, 2.75) is 0 Å². The largest absolute Gasteiger partial charge is 0.379 e. The van der Waals surface area contributed by atoms with Crippen LogP contribution in [-0.4, -0.2) is 19.8 Å². The lowest BCUT2D eigenvalue weighted by Gasteiger charge is -1.89. The molecule has 0 aliphatic carbocycles. The molecule has 2 heteroatoms. The van der Waals surface area contributed by atoms with Crippen molar-refractivity contribution in [3.63, 3.8) is 0 Å². The van der Waals surface area contributed by atoms with Gasteiger partial charge in [-0.3, -0.25) is 0 Å². The number of hydrogen-bond acceptors (Lipinski definition) is 1. The van der Waals surface area contributed by atoms with Gasteiger partial charge in [0, 0.05) is 6.61 Å². The molecule has 0 aliphatic heterocycles. The van der Waals surface area contributed by atoms with Gasteiger partial charge >= 0.3 is 0 Å². The first kappa shape index (κ1) is 5.92. The zero-order valence-corrected chi connectivity index (χ0v) is 3.64. The van der Waals surface area contributed by atoms with Crippen molar-refractivity contribution in [2.75, 3.05) is 19.8 Å². The third-order valence-corrected chi connectivity index (χ3v) is 0.372. The van der Waals surface area contributed by atoms with Gasteiger partial charge in [0.25, 0.3) is 0 Å². The van der Waals surface area contributed by atoms with Gasteiger partial charge in [-0.15, -0.1) is 0 Å². The Balaban J connectivity index is 2.34. The molecule has 0 unspecified atom stereocenters. The minimum atomic E-state index is -0.157. The standard InChI is InChI=1S/C4H8O2/c1-2-6-4-3-5/h1-4H2. The SMILES string of the molecule is [CH2]COCC[O]. The van der Waals surface area contributed by atoms with E-state index in [1.165, 1.54) is 0 Å².